The van der Waals surface area contributed by atoms with Gasteiger partial charge in [0.25, 0.3) is 5.69 Å². The van der Waals surface area contributed by atoms with Crippen molar-refractivity contribution in [1.29, 1.82) is 0 Å². The van der Waals surface area contributed by atoms with Gasteiger partial charge in [-0.3, -0.25) is 15.1 Å². The second kappa shape index (κ2) is 5.27. The van der Waals surface area contributed by atoms with Crippen molar-refractivity contribution in [1.82, 2.24) is 4.98 Å². The molecule has 0 saturated carbocycles. The Balaban J connectivity index is 2.10. The summed E-state index contributed by atoms with van der Waals surface area (Å²) in [5, 5.41) is 10.8. The molecule has 5 nitrogen and oxygen atoms in total. The highest BCUT2D eigenvalue weighted by Gasteiger charge is 2.12. The van der Waals surface area contributed by atoms with Gasteiger partial charge in [-0.1, -0.05) is 12.1 Å². The summed E-state index contributed by atoms with van der Waals surface area (Å²) in [6, 6.07) is 10.1. The fraction of sp³-hybridized carbons (Fsp3) is 0.154. The van der Waals surface area contributed by atoms with Gasteiger partial charge in [-0.2, -0.15) is 0 Å². The Morgan fingerprint density at radius 2 is 2.06 bits per heavy atom. The molecule has 0 amide bonds. The van der Waals surface area contributed by atoms with E-state index in [2.05, 4.69) is 4.98 Å². The summed E-state index contributed by atoms with van der Waals surface area (Å²) in [7, 11) is 0. The van der Waals surface area contributed by atoms with E-state index in [1.807, 2.05) is 13.0 Å². The Labute approximate surface area is 104 Å². The van der Waals surface area contributed by atoms with E-state index in [1.54, 1.807) is 30.5 Å². The standard InChI is InChI=1S/C13H12N2O3/c1-10-6-7-12(8-14-10)18-9-11-4-2-3-5-13(11)15(16)17/h2-8H,9H2,1H3. The van der Waals surface area contributed by atoms with Crippen LogP contribution in [0.1, 0.15) is 11.3 Å². The van der Waals surface area contributed by atoms with Crippen LogP contribution >= 0.6 is 0 Å². The molecule has 0 atom stereocenters. The smallest absolute Gasteiger partial charge is 0.276 e. The minimum absolute atomic E-state index is 0.0672. The molecule has 0 N–H and O–H groups in total. The number of nitro groups is 1. The molecule has 1 aromatic carbocycles. The summed E-state index contributed by atoms with van der Waals surface area (Å²) < 4.78 is 5.47. The normalized spacial score (nSPS) is 10.1. The SMILES string of the molecule is Cc1ccc(OCc2ccccc2[N+](=O)[O-])cn1. The van der Waals surface area contributed by atoms with Crippen LogP contribution in [-0.2, 0) is 6.61 Å². The van der Waals surface area contributed by atoms with Crippen molar-refractivity contribution in [2.24, 2.45) is 0 Å². The summed E-state index contributed by atoms with van der Waals surface area (Å²) >= 11 is 0. The van der Waals surface area contributed by atoms with Crippen LogP contribution in [0.2, 0.25) is 0 Å². The maximum absolute atomic E-state index is 10.8. The van der Waals surface area contributed by atoms with E-state index < -0.39 is 4.92 Å². The number of nitro benzene ring substituents is 1. The molecule has 0 aliphatic heterocycles. The molecule has 1 heterocycles. The zero-order valence-electron chi connectivity index (χ0n) is 9.87. The lowest BCUT2D eigenvalue weighted by Gasteiger charge is -2.06. The summed E-state index contributed by atoms with van der Waals surface area (Å²) in [6.07, 6.45) is 1.60. The van der Waals surface area contributed by atoms with Crippen LogP contribution in [-0.4, -0.2) is 9.91 Å². The highest BCUT2D eigenvalue weighted by Crippen LogP contribution is 2.19. The van der Waals surface area contributed by atoms with Crippen molar-refractivity contribution >= 4 is 5.69 Å². The molecule has 0 unspecified atom stereocenters. The minimum Gasteiger partial charge on any atom is -0.487 e. The summed E-state index contributed by atoms with van der Waals surface area (Å²) in [5.41, 5.74) is 1.51. The van der Waals surface area contributed by atoms with E-state index in [0.717, 1.165) is 5.69 Å². The average molecular weight is 244 g/mol. The lowest BCUT2D eigenvalue weighted by Crippen LogP contribution is -2.00. The maximum Gasteiger partial charge on any atom is 0.276 e. The number of hydrogen-bond donors (Lipinski definition) is 0. The van der Waals surface area contributed by atoms with E-state index in [0.29, 0.717) is 11.3 Å². The molecule has 0 spiro atoms. The Kier molecular flexibility index (Phi) is 3.52. The predicted octanol–water partition coefficient (Wildman–Crippen LogP) is 2.88. The van der Waals surface area contributed by atoms with E-state index in [4.69, 9.17) is 4.74 Å². The Morgan fingerprint density at radius 1 is 1.28 bits per heavy atom. The number of hydrogen-bond acceptors (Lipinski definition) is 4. The first kappa shape index (κ1) is 12.0. The first-order valence-corrected chi connectivity index (χ1v) is 5.44. The van der Waals surface area contributed by atoms with Crippen molar-refractivity contribution in [2.45, 2.75) is 13.5 Å². The zero-order valence-corrected chi connectivity index (χ0v) is 9.87. The fourth-order valence-corrected chi connectivity index (χ4v) is 1.51. The molecule has 0 aliphatic carbocycles. The monoisotopic (exact) mass is 244 g/mol. The van der Waals surface area contributed by atoms with Gasteiger partial charge in [0.05, 0.1) is 16.7 Å². The first-order valence-electron chi connectivity index (χ1n) is 5.44. The Hall–Kier alpha value is -2.43. The van der Waals surface area contributed by atoms with Gasteiger partial charge in [-0.15, -0.1) is 0 Å². The van der Waals surface area contributed by atoms with Crippen LogP contribution in [0.15, 0.2) is 42.6 Å². The largest absolute Gasteiger partial charge is 0.487 e. The molecule has 0 fully saturated rings. The van der Waals surface area contributed by atoms with Gasteiger partial charge < -0.3 is 4.74 Å². The van der Waals surface area contributed by atoms with Gasteiger partial charge >= 0.3 is 0 Å². The van der Waals surface area contributed by atoms with Gasteiger partial charge in [0.15, 0.2) is 0 Å². The highest BCUT2D eigenvalue weighted by atomic mass is 16.6. The van der Waals surface area contributed by atoms with Crippen molar-refractivity contribution in [3.8, 4) is 5.75 Å². The third-order valence-corrected chi connectivity index (χ3v) is 2.47. The number of aromatic nitrogens is 1. The second-order valence-electron chi connectivity index (χ2n) is 3.81. The summed E-state index contributed by atoms with van der Waals surface area (Å²) in [6.45, 7) is 2.04. The van der Waals surface area contributed by atoms with Crippen LogP contribution in [0.25, 0.3) is 0 Å². The quantitative estimate of drug-likeness (QED) is 0.612. The molecule has 2 rings (SSSR count). The van der Waals surface area contributed by atoms with Gasteiger partial charge in [-0.25, -0.2) is 0 Å². The minimum atomic E-state index is -0.411. The number of rotatable bonds is 4. The summed E-state index contributed by atoms with van der Waals surface area (Å²) in [5.74, 6) is 0.596. The number of ether oxygens (including phenoxy) is 1. The topological polar surface area (TPSA) is 65.3 Å². The zero-order chi connectivity index (χ0) is 13.0. The molecule has 5 heteroatoms. The Morgan fingerprint density at radius 3 is 2.72 bits per heavy atom. The molecule has 0 saturated heterocycles. The number of para-hydroxylation sites is 1. The van der Waals surface area contributed by atoms with Crippen LogP contribution in [0.5, 0.6) is 5.75 Å². The Bertz CT molecular complexity index is 552. The number of aryl methyl sites for hydroxylation is 1. The van der Waals surface area contributed by atoms with Gasteiger partial charge in [0.2, 0.25) is 0 Å². The lowest BCUT2D eigenvalue weighted by atomic mass is 10.2. The number of nitrogens with zero attached hydrogens (tertiary/aromatic N) is 2. The molecular weight excluding hydrogens is 232 g/mol. The van der Waals surface area contributed by atoms with E-state index >= 15 is 0 Å². The van der Waals surface area contributed by atoms with Crippen molar-refractivity contribution in [2.75, 3.05) is 0 Å². The molecule has 0 radical (unpaired) electrons. The molecule has 18 heavy (non-hydrogen) atoms. The molecular formula is C13H12N2O3. The molecule has 92 valence electrons. The number of benzene rings is 1. The molecule has 0 bridgehead atoms. The third kappa shape index (κ3) is 2.82. The first-order chi connectivity index (χ1) is 8.66. The van der Waals surface area contributed by atoms with E-state index in [1.165, 1.54) is 6.07 Å². The predicted molar refractivity (Wildman–Crippen MR) is 66.4 cm³/mol. The van der Waals surface area contributed by atoms with E-state index in [-0.39, 0.29) is 12.3 Å². The fourth-order valence-electron chi connectivity index (χ4n) is 1.51. The van der Waals surface area contributed by atoms with Crippen LogP contribution in [0.4, 0.5) is 5.69 Å². The van der Waals surface area contributed by atoms with Crippen LogP contribution < -0.4 is 4.74 Å². The number of pyridine rings is 1. The average Bonchev–Trinajstić information content (AvgIpc) is 2.38. The molecule has 1 aromatic heterocycles. The lowest BCUT2D eigenvalue weighted by molar-refractivity contribution is -0.385. The summed E-state index contributed by atoms with van der Waals surface area (Å²) in [4.78, 5) is 14.5. The van der Waals surface area contributed by atoms with Gasteiger partial charge in [0.1, 0.15) is 12.4 Å². The van der Waals surface area contributed by atoms with Crippen molar-refractivity contribution in [3.05, 3.63) is 64.0 Å². The van der Waals surface area contributed by atoms with Crippen LogP contribution in [0, 0.1) is 17.0 Å². The second-order valence-corrected chi connectivity index (χ2v) is 3.81. The van der Waals surface area contributed by atoms with Crippen LogP contribution in [0.3, 0.4) is 0 Å². The molecule has 2 aromatic rings. The van der Waals surface area contributed by atoms with Crippen molar-refractivity contribution < 1.29 is 9.66 Å². The van der Waals surface area contributed by atoms with Crippen molar-refractivity contribution in [3.63, 3.8) is 0 Å². The van der Waals surface area contributed by atoms with Gasteiger partial charge in [0, 0.05) is 11.8 Å². The maximum atomic E-state index is 10.8. The van der Waals surface area contributed by atoms with E-state index in [9.17, 15) is 10.1 Å². The molecule has 0 aliphatic rings. The highest BCUT2D eigenvalue weighted by molar-refractivity contribution is 5.39. The van der Waals surface area contributed by atoms with Gasteiger partial charge in [-0.05, 0) is 25.1 Å². The third-order valence-electron chi connectivity index (χ3n) is 2.47.